The number of carbonyl (C=O) groups excluding carboxylic acids is 1. The van der Waals surface area contributed by atoms with Gasteiger partial charge in [0.25, 0.3) is 0 Å². The lowest BCUT2D eigenvalue weighted by atomic mass is 10.1. The van der Waals surface area contributed by atoms with E-state index in [0.717, 1.165) is 6.42 Å². The molecule has 0 radical (unpaired) electrons. The molecule has 0 spiro atoms. The van der Waals surface area contributed by atoms with Gasteiger partial charge in [-0.3, -0.25) is 4.79 Å². The molecule has 0 aromatic heterocycles. The van der Waals surface area contributed by atoms with Gasteiger partial charge in [0.2, 0.25) is 0 Å². The van der Waals surface area contributed by atoms with Gasteiger partial charge in [-0.1, -0.05) is 19.4 Å². The van der Waals surface area contributed by atoms with Gasteiger partial charge < -0.3 is 5.11 Å². The van der Waals surface area contributed by atoms with E-state index in [1.165, 1.54) is 6.08 Å². The van der Waals surface area contributed by atoms with Crippen LogP contribution in [0.25, 0.3) is 0 Å². The van der Waals surface area contributed by atoms with E-state index in [9.17, 15) is 4.79 Å². The second kappa shape index (κ2) is 5.18. The number of ketones is 1. The highest BCUT2D eigenvalue weighted by atomic mass is 16.3. The fourth-order valence-corrected chi connectivity index (χ4v) is 0.691. The van der Waals surface area contributed by atoms with Crippen molar-refractivity contribution in [1.29, 1.82) is 0 Å². The molecule has 0 amide bonds. The molecule has 0 aliphatic rings. The quantitative estimate of drug-likeness (QED) is 0.600. The molecule has 2 nitrogen and oxygen atoms in total. The Hall–Kier alpha value is -0.630. The number of allylic oxidation sites excluding steroid dienone is 1. The molecule has 10 heavy (non-hydrogen) atoms. The third-order valence-electron chi connectivity index (χ3n) is 1.22. The van der Waals surface area contributed by atoms with Crippen LogP contribution in [0.15, 0.2) is 12.2 Å². The fourth-order valence-electron chi connectivity index (χ4n) is 0.691. The van der Waals surface area contributed by atoms with Gasteiger partial charge in [-0.05, 0) is 19.4 Å². The summed E-state index contributed by atoms with van der Waals surface area (Å²) in [6, 6.07) is 0. The molecular weight excluding hydrogens is 128 g/mol. The standard InChI is InChI=1S/C8H14O2/c1-3-5-7(9)8(10)6-4-2/h3,5,8,10H,4,6H2,1-2H3/b5-3+. The van der Waals surface area contributed by atoms with Crippen molar-refractivity contribution in [1.82, 2.24) is 0 Å². The summed E-state index contributed by atoms with van der Waals surface area (Å²) >= 11 is 0. The summed E-state index contributed by atoms with van der Waals surface area (Å²) in [5, 5.41) is 9.05. The topological polar surface area (TPSA) is 37.3 Å². The monoisotopic (exact) mass is 142 g/mol. The highest BCUT2D eigenvalue weighted by molar-refractivity contribution is 5.93. The molecule has 0 saturated heterocycles. The first-order valence-corrected chi connectivity index (χ1v) is 3.57. The van der Waals surface area contributed by atoms with Crippen molar-refractivity contribution < 1.29 is 9.90 Å². The van der Waals surface area contributed by atoms with Crippen LogP contribution in [0.3, 0.4) is 0 Å². The van der Waals surface area contributed by atoms with Crippen molar-refractivity contribution in [2.24, 2.45) is 0 Å². The first-order valence-electron chi connectivity index (χ1n) is 3.57. The van der Waals surface area contributed by atoms with Crippen molar-refractivity contribution >= 4 is 5.78 Å². The zero-order valence-electron chi connectivity index (χ0n) is 6.50. The third kappa shape index (κ3) is 3.41. The van der Waals surface area contributed by atoms with Gasteiger partial charge in [-0.15, -0.1) is 0 Å². The van der Waals surface area contributed by atoms with Gasteiger partial charge in [-0.25, -0.2) is 0 Å². The predicted octanol–water partition coefficient (Wildman–Crippen LogP) is 1.29. The Labute approximate surface area is 61.6 Å². The van der Waals surface area contributed by atoms with Crippen LogP contribution in [0.2, 0.25) is 0 Å². The van der Waals surface area contributed by atoms with Crippen LogP contribution >= 0.6 is 0 Å². The van der Waals surface area contributed by atoms with Crippen molar-refractivity contribution in [3.05, 3.63) is 12.2 Å². The minimum absolute atomic E-state index is 0.190. The van der Waals surface area contributed by atoms with Crippen molar-refractivity contribution in [2.75, 3.05) is 0 Å². The molecule has 0 bridgehead atoms. The van der Waals surface area contributed by atoms with E-state index in [0.29, 0.717) is 6.42 Å². The smallest absolute Gasteiger partial charge is 0.183 e. The van der Waals surface area contributed by atoms with Crippen molar-refractivity contribution in [3.63, 3.8) is 0 Å². The second-order valence-corrected chi connectivity index (χ2v) is 2.21. The van der Waals surface area contributed by atoms with Gasteiger partial charge in [0.1, 0.15) is 6.10 Å². The number of hydrogen-bond acceptors (Lipinski definition) is 2. The molecule has 58 valence electrons. The van der Waals surface area contributed by atoms with E-state index >= 15 is 0 Å². The Morgan fingerprint density at radius 1 is 1.70 bits per heavy atom. The molecule has 0 saturated carbocycles. The average Bonchev–Trinajstić information content (AvgIpc) is 1.89. The van der Waals surface area contributed by atoms with Crippen LogP contribution in [-0.2, 0) is 4.79 Å². The van der Waals surface area contributed by atoms with E-state index < -0.39 is 6.10 Å². The van der Waals surface area contributed by atoms with Crippen LogP contribution < -0.4 is 0 Å². The maximum Gasteiger partial charge on any atom is 0.183 e. The SMILES string of the molecule is C/C=C/C(=O)C(O)CCC. The Bertz CT molecular complexity index is 127. The first-order chi connectivity index (χ1) is 4.72. The van der Waals surface area contributed by atoms with Gasteiger partial charge in [-0.2, -0.15) is 0 Å². The summed E-state index contributed by atoms with van der Waals surface area (Å²) in [6.07, 6.45) is 3.65. The predicted molar refractivity (Wildman–Crippen MR) is 40.7 cm³/mol. The van der Waals surface area contributed by atoms with Crippen LogP contribution in [0.5, 0.6) is 0 Å². The minimum Gasteiger partial charge on any atom is -0.385 e. The van der Waals surface area contributed by atoms with Crippen LogP contribution in [0, 0.1) is 0 Å². The molecule has 0 rings (SSSR count). The molecule has 1 atom stereocenters. The average molecular weight is 142 g/mol. The van der Waals surface area contributed by atoms with E-state index in [-0.39, 0.29) is 5.78 Å². The van der Waals surface area contributed by atoms with Crippen molar-refractivity contribution in [2.45, 2.75) is 32.8 Å². The van der Waals surface area contributed by atoms with Crippen LogP contribution in [-0.4, -0.2) is 17.0 Å². The van der Waals surface area contributed by atoms with Gasteiger partial charge in [0, 0.05) is 0 Å². The van der Waals surface area contributed by atoms with Crippen LogP contribution in [0.1, 0.15) is 26.7 Å². The molecule has 2 heteroatoms. The van der Waals surface area contributed by atoms with Crippen LogP contribution in [0.4, 0.5) is 0 Å². The normalized spacial score (nSPS) is 13.9. The fraction of sp³-hybridized carbons (Fsp3) is 0.625. The summed E-state index contributed by atoms with van der Waals surface area (Å²) in [7, 11) is 0. The van der Waals surface area contributed by atoms with Gasteiger partial charge >= 0.3 is 0 Å². The van der Waals surface area contributed by atoms with E-state index in [1.54, 1.807) is 13.0 Å². The Morgan fingerprint density at radius 2 is 2.30 bits per heavy atom. The van der Waals surface area contributed by atoms with Gasteiger partial charge in [0.05, 0.1) is 0 Å². The number of aliphatic hydroxyl groups is 1. The lowest BCUT2D eigenvalue weighted by Crippen LogP contribution is -2.17. The summed E-state index contributed by atoms with van der Waals surface area (Å²) in [6.45, 7) is 3.70. The number of rotatable bonds is 4. The largest absolute Gasteiger partial charge is 0.385 e. The lowest BCUT2D eigenvalue weighted by molar-refractivity contribution is -0.122. The summed E-state index contributed by atoms with van der Waals surface area (Å²) < 4.78 is 0. The first kappa shape index (κ1) is 9.37. The zero-order chi connectivity index (χ0) is 7.98. The summed E-state index contributed by atoms with van der Waals surface area (Å²) in [5.74, 6) is -0.190. The maximum atomic E-state index is 10.8. The number of carbonyl (C=O) groups is 1. The number of hydrogen-bond donors (Lipinski definition) is 1. The molecular formula is C8H14O2. The molecule has 0 heterocycles. The highest BCUT2D eigenvalue weighted by Gasteiger charge is 2.08. The van der Waals surface area contributed by atoms with E-state index in [2.05, 4.69) is 0 Å². The third-order valence-corrected chi connectivity index (χ3v) is 1.22. The maximum absolute atomic E-state index is 10.8. The molecule has 0 aliphatic carbocycles. The summed E-state index contributed by atoms with van der Waals surface area (Å²) in [5.41, 5.74) is 0. The lowest BCUT2D eigenvalue weighted by Gasteiger charge is -2.02. The molecule has 0 aromatic carbocycles. The van der Waals surface area contributed by atoms with Gasteiger partial charge in [0.15, 0.2) is 5.78 Å². The minimum atomic E-state index is -0.791. The molecule has 1 unspecified atom stereocenters. The molecule has 0 fully saturated rings. The molecule has 1 N–H and O–H groups in total. The zero-order valence-corrected chi connectivity index (χ0v) is 6.50. The molecule has 0 aliphatic heterocycles. The Morgan fingerprint density at radius 3 is 2.70 bits per heavy atom. The van der Waals surface area contributed by atoms with E-state index in [1.807, 2.05) is 6.92 Å². The second-order valence-electron chi connectivity index (χ2n) is 2.21. The highest BCUT2D eigenvalue weighted by Crippen LogP contribution is 1.97. The number of aliphatic hydroxyl groups excluding tert-OH is 1. The molecule has 0 aromatic rings. The Balaban J connectivity index is 3.70. The van der Waals surface area contributed by atoms with E-state index in [4.69, 9.17) is 5.11 Å². The summed E-state index contributed by atoms with van der Waals surface area (Å²) in [4.78, 5) is 10.8. The van der Waals surface area contributed by atoms with Crippen molar-refractivity contribution in [3.8, 4) is 0 Å². The Kier molecular flexibility index (Phi) is 4.85.